The molecule has 130 valence electrons. The van der Waals surface area contributed by atoms with E-state index in [0.717, 1.165) is 5.56 Å². The number of amides is 1. The molecule has 1 aromatic heterocycles. The first-order chi connectivity index (χ1) is 11.4. The molecule has 25 heavy (non-hydrogen) atoms. The summed E-state index contributed by atoms with van der Waals surface area (Å²) in [6, 6.07) is 9.36. The number of aromatic nitrogens is 2. The van der Waals surface area contributed by atoms with Crippen LogP contribution in [0.3, 0.4) is 0 Å². The Morgan fingerprint density at radius 3 is 2.32 bits per heavy atom. The highest BCUT2D eigenvalue weighted by molar-refractivity contribution is 6.03. The Morgan fingerprint density at radius 2 is 1.76 bits per heavy atom. The Morgan fingerprint density at radius 1 is 1.12 bits per heavy atom. The summed E-state index contributed by atoms with van der Waals surface area (Å²) in [5, 5.41) is 0. The lowest BCUT2D eigenvalue weighted by molar-refractivity contribution is 0.0998. The lowest BCUT2D eigenvalue weighted by Crippen LogP contribution is -2.25. The van der Waals surface area contributed by atoms with Crippen molar-refractivity contribution in [1.82, 2.24) is 9.97 Å². The van der Waals surface area contributed by atoms with Crippen molar-refractivity contribution >= 4 is 35.9 Å². The number of hydrogen-bond donors (Lipinski definition) is 3. The van der Waals surface area contributed by atoms with Crippen LogP contribution in [0.5, 0.6) is 0 Å². The molecule has 8 nitrogen and oxygen atoms in total. The van der Waals surface area contributed by atoms with Crippen LogP contribution in [-0.2, 0) is 0 Å². The Balaban J connectivity index is 0.00000312. The largest absolute Gasteiger partial charge is 0.382 e. The van der Waals surface area contributed by atoms with Crippen LogP contribution in [0.25, 0.3) is 0 Å². The van der Waals surface area contributed by atoms with E-state index in [1.165, 1.54) is 0 Å². The average Bonchev–Trinajstić information content (AvgIpc) is 2.53. The van der Waals surface area contributed by atoms with Gasteiger partial charge in [-0.25, -0.2) is 9.97 Å². The van der Waals surface area contributed by atoms with Gasteiger partial charge in [-0.2, -0.15) is 4.99 Å². The Bertz CT molecular complexity index is 850. The third-order valence-electron chi connectivity index (χ3n) is 2.86. The van der Waals surface area contributed by atoms with Crippen molar-refractivity contribution in [2.45, 2.75) is 0 Å². The number of nitrogens with two attached hydrogens (primary N) is 3. The summed E-state index contributed by atoms with van der Waals surface area (Å²) in [6.45, 7) is 0. The van der Waals surface area contributed by atoms with Gasteiger partial charge in [0.15, 0.2) is 29.0 Å². The molecule has 0 saturated carbocycles. The minimum Gasteiger partial charge on any atom is -0.382 e. The maximum absolute atomic E-state index is 12.0. The minimum atomic E-state index is -0.770. The van der Waals surface area contributed by atoms with Crippen LogP contribution in [0.1, 0.15) is 21.7 Å². The zero-order valence-corrected chi connectivity index (χ0v) is 14.5. The third-order valence-corrected chi connectivity index (χ3v) is 2.86. The standard InChI is InChI=1S/C16H17N7O.ClH/c1-23(2)14-11(9-8-10-6-4-3-5-7-10)20-12(13(17)21-14)15(24)22-16(18)19;/h3-7H,1-2H3,(H2,17,21)(H4,18,19,22,24);1H. The Hall–Kier alpha value is -3.31. The number of guanidine groups is 1. The molecular formula is C16H18ClN7O. The summed E-state index contributed by atoms with van der Waals surface area (Å²) in [5.41, 5.74) is 17.2. The van der Waals surface area contributed by atoms with E-state index >= 15 is 0 Å². The van der Waals surface area contributed by atoms with Crippen LogP contribution in [0.15, 0.2) is 35.3 Å². The molecule has 0 saturated heterocycles. The molecule has 6 N–H and O–H groups in total. The molecule has 0 aliphatic carbocycles. The normalized spacial score (nSPS) is 9.20. The monoisotopic (exact) mass is 359 g/mol. The number of halogens is 1. The lowest BCUT2D eigenvalue weighted by Gasteiger charge is -2.14. The molecular weight excluding hydrogens is 342 g/mol. The van der Waals surface area contributed by atoms with E-state index in [1.54, 1.807) is 19.0 Å². The molecule has 0 fully saturated rings. The van der Waals surface area contributed by atoms with Gasteiger partial charge in [-0.05, 0) is 18.1 Å². The topological polar surface area (TPSA) is 137 Å². The molecule has 0 spiro atoms. The van der Waals surface area contributed by atoms with E-state index in [0.29, 0.717) is 11.5 Å². The zero-order valence-electron chi connectivity index (χ0n) is 13.7. The second-order valence-corrected chi connectivity index (χ2v) is 4.98. The third kappa shape index (κ3) is 5.09. The Kier molecular flexibility index (Phi) is 6.72. The molecule has 1 amide bonds. The smallest absolute Gasteiger partial charge is 0.302 e. The van der Waals surface area contributed by atoms with Gasteiger partial charge in [-0.3, -0.25) is 4.79 Å². The van der Waals surface area contributed by atoms with Crippen LogP contribution in [0.2, 0.25) is 0 Å². The van der Waals surface area contributed by atoms with Gasteiger partial charge < -0.3 is 22.1 Å². The van der Waals surface area contributed by atoms with Gasteiger partial charge in [-0.1, -0.05) is 24.1 Å². The number of hydrogen-bond acceptors (Lipinski definition) is 5. The summed E-state index contributed by atoms with van der Waals surface area (Å²) in [4.78, 5) is 25.5. The first-order valence-electron chi connectivity index (χ1n) is 6.94. The van der Waals surface area contributed by atoms with Crippen LogP contribution in [-0.4, -0.2) is 35.9 Å². The SMILES string of the molecule is CN(C)c1nc(N)c(C(=O)N=C(N)N)nc1C#Cc1ccccc1.Cl. The van der Waals surface area contributed by atoms with Crippen LogP contribution in [0, 0.1) is 11.8 Å². The molecule has 9 heteroatoms. The van der Waals surface area contributed by atoms with E-state index in [4.69, 9.17) is 17.2 Å². The van der Waals surface area contributed by atoms with E-state index < -0.39 is 5.91 Å². The van der Waals surface area contributed by atoms with Crippen molar-refractivity contribution in [2.24, 2.45) is 16.5 Å². The van der Waals surface area contributed by atoms with Crippen LogP contribution < -0.4 is 22.1 Å². The highest BCUT2D eigenvalue weighted by atomic mass is 35.5. The molecule has 0 aliphatic rings. The van der Waals surface area contributed by atoms with Crippen molar-refractivity contribution in [1.29, 1.82) is 0 Å². The van der Waals surface area contributed by atoms with Gasteiger partial charge >= 0.3 is 5.91 Å². The molecule has 0 aliphatic heterocycles. The fourth-order valence-corrected chi connectivity index (χ4v) is 1.82. The molecule has 1 aromatic carbocycles. The zero-order chi connectivity index (χ0) is 17.7. The number of carbonyl (C=O) groups is 1. The lowest BCUT2D eigenvalue weighted by atomic mass is 10.2. The quantitative estimate of drug-likeness (QED) is 0.400. The molecule has 0 radical (unpaired) electrons. The summed E-state index contributed by atoms with van der Waals surface area (Å²) >= 11 is 0. The fourth-order valence-electron chi connectivity index (χ4n) is 1.82. The number of rotatable bonds is 2. The number of anilines is 2. The van der Waals surface area contributed by atoms with Gasteiger partial charge in [0.05, 0.1) is 0 Å². The first kappa shape index (κ1) is 19.7. The maximum Gasteiger partial charge on any atom is 0.302 e. The summed E-state index contributed by atoms with van der Waals surface area (Å²) in [5.74, 6) is 5.09. The maximum atomic E-state index is 12.0. The van der Waals surface area contributed by atoms with Gasteiger partial charge in [0.2, 0.25) is 0 Å². The van der Waals surface area contributed by atoms with E-state index in [2.05, 4.69) is 26.8 Å². The molecule has 1 heterocycles. The number of nitrogens with zero attached hydrogens (tertiary/aromatic N) is 4. The average molecular weight is 360 g/mol. The Labute approximate surface area is 151 Å². The van der Waals surface area contributed by atoms with Crippen molar-refractivity contribution in [2.75, 3.05) is 24.7 Å². The summed E-state index contributed by atoms with van der Waals surface area (Å²) in [7, 11) is 3.54. The van der Waals surface area contributed by atoms with E-state index in [1.807, 2.05) is 30.3 Å². The highest BCUT2D eigenvalue weighted by Gasteiger charge is 2.17. The number of aliphatic imine (C=N–C) groups is 1. The van der Waals surface area contributed by atoms with E-state index in [9.17, 15) is 4.79 Å². The highest BCUT2D eigenvalue weighted by Crippen LogP contribution is 2.18. The summed E-state index contributed by atoms with van der Waals surface area (Å²) in [6.07, 6.45) is 0. The van der Waals surface area contributed by atoms with Gasteiger partial charge in [0.25, 0.3) is 0 Å². The molecule has 0 unspecified atom stereocenters. The van der Waals surface area contributed by atoms with Crippen LogP contribution in [0.4, 0.5) is 11.6 Å². The molecule has 2 rings (SSSR count). The molecule has 0 atom stereocenters. The fraction of sp³-hybridized carbons (Fsp3) is 0.125. The minimum absolute atomic E-state index is 0. The van der Waals surface area contributed by atoms with Crippen molar-refractivity contribution in [3.63, 3.8) is 0 Å². The second kappa shape index (κ2) is 8.52. The molecule has 0 bridgehead atoms. The summed E-state index contributed by atoms with van der Waals surface area (Å²) < 4.78 is 0. The number of nitrogen functional groups attached to an aromatic ring is 1. The predicted octanol–water partition coefficient (Wildman–Crippen LogP) is 0.360. The van der Waals surface area contributed by atoms with Crippen LogP contribution >= 0.6 is 12.4 Å². The van der Waals surface area contributed by atoms with Crippen molar-refractivity contribution < 1.29 is 4.79 Å². The van der Waals surface area contributed by atoms with Gasteiger partial charge in [-0.15, -0.1) is 12.4 Å². The first-order valence-corrected chi connectivity index (χ1v) is 6.94. The van der Waals surface area contributed by atoms with Gasteiger partial charge in [0, 0.05) is 19.7 Å². The molecule has 2 aromatic rings. The van der Waals surface area contributed by atoms with Crippen molar-refractivity contribution in [3.05, 3.63) is 47.3 Å². The number of carbonyl (C=O) groups excluding carboxylic acids is 1. The van der Waals surface area contributed by atoms with Gasteiger partial charge in [0.1, 0.15) is 0 Å². The second-order valence-electron chi connectivity index (χ2n) is 4.98. The van der Waals surface area contributed by atoms with Crippen molar-refractivity contribution in [3.8, 4) is 11.8 Å². The van der Waals surface area contributed by atoms with E-state index in [-0.39, 0.29) is 29.9 Å². The predicted molar refractivity (Wildman–Crippen MR) is 101 cm³/mol. The number of benzene rings is 1.